The summed E-state index contributed by atoms with van der Waals surface area (Å²) in [7, 11) is 6.42. The molecule has 2 aliphatic rings. The van der Waals surface area contributed by atoms with Crippen molar-refractivity contribution in [3.63, 3.8) is 0 Å². The smallest absolute Gasteiger partial charge is 0.258 e. The minimum absolute atomic E-state index is 0.0362. The molecule has 5 N–H and O–H groups in total. The first kappa shape index (κ1) is 55.2. The summed E-state index contributed by atoms with van der Waals surface area (Å²) < 4.78 is 13.5. The van der Waals surface area contributed by atoms with Crippen molar-refractivity contribution >= 4 is 122 Å². The van der Waals surface area contributed by atoms with Gasteiger partial charge in [-0.25, -0.2) is 0 Å². The molecule has 0 fully saturated rings. The third kappa shape index (κ3) is 10.7. The van der Waals surface area contributed by atoms with Gasteiger partial charge in [-0.05, 0) is 139 Å². The molecule has 5 atom stereocenters. The van der Waals surface area contributed by atoms with Crippen LogP contribution >= 0.6 is 31.9 Å². The van der Waals surface area contributed by atoms with E-state index in [0.717, 1.165) is 41.6 Å². The highest BCUT2D eigenvalue weighted by Crippen LogP contribution is 2.40. The van der Waals surface area contributed by atoms with Gasteiger partial charge in [0.05, 0.1) is 68.7 Å². The number of para-hydroxylation sites is 4. The average molecular weight is 1200 g/mol. The Morgan fingerprint density at radius 2 is 1.10 bits per heavy atom. The maximum Gasteiger partial charge on any atom is 0.258 e. The number of fused-ring (bicyclic) bond motifs is 5. The van der Waals surface area contributed by atoms with Gasteiger partial charge in [0.2, 0.25) is 11.8 Å². The van der Waals surface area contributed by atoms with E-state index in [-0.39, 0.29) is 30.8 Å². The quantitative estimate of drug-likeness (QED) is 0.0615. The molecule has 0 bridgehead atoms. The van der Waals surface area contributed by atoms with Crippen LogP contribution in [0.1, 0.15) is 45.7 Å². The van der Waals surface area contributed by atoms with Crippen molar-refractivity contribution in [2.45, 2.75) is 57.1 Å². The van der Waals surface area contributed by atoms with Crippen molar-refractivity contribution in [1.82, 2.24) is 21.3 Å². The number of nitrogens with zero attached hydrogens (tertiary/aromatic N) is 3. The van der Waals surface area contributed by atoms with Crippen molar-refractivity contribution in [1.29, 1.82) is 0 Å². The Kier molecular flexibility index (Phi) is 16.1. The summed E-state index contributed by atoms with van der Waals surface area (Å²) in [4.78, 5) is 93.3. The molecule has 16 nitrogen and oxygen atoms in total. The second kappa shape index (κ2) is 23.3. The SMILES string of the molecule is CN[C@@H](C)C(=O)N[C@H]1CN(C(=O)c2ccc3ccc(C(=O)C4Nc5ccccc5N(Cc5c(OC)ccc6cc(Br)ccc56)C(=O)[C@H]4NC(=O)[C@H](C)NC)cc3c2)c2ccccc2N(Cc2c(OC)ccc3cc(Br)ccc23)C1=O. The number of ether oxygens (including phenoxy) is 2. The Hall–Kier alpha value is -8.16. The lowest BCUT2D eigenvalue weighted by Crippen LogP contribution is -2.59. The number of carbonyl (C=O) groups is 6. The van der Waals surface area contributed by atoms with Crippen LogP contribution in [0.5, 0.6) is 11.5 Å². The highest BCUT2D eigenvalue weighted by atomic mass is 79.9. The topological polar surface area (TPSA) is 191 Å². The summed E-state index contributed by atoms with van der Waals surface area (Å²) in [6, 6.07) is 38.6. The number of hydrogen-bond acceptors (Lipinski definition) is 11. The first-order valence-corrected chi connectivity index (χ1v) is 27.6. The summed E-state index contributed by atoms with van der Waals surface area (Å²) >= 11 is 7.15. The van der Waals surface area contributed by atoms with Crippen LogP contribution in [0.3, 0.4) is 0 Å². The van der Waals surface area contributed by atoms with Crippen LogP contribution in [-0.2, 0) is 32.3 Å². The van der Waals surface area contributed by atoms with Crippen molar-refractivity contribution < 1.29 is 38.2 Å². The van der Waals surface area contributed by atoms with Crippen molar-refractivity contribution in [2.24, 2.45) is 0 Å². The van der Waals surface area contributed by atoms with Crippen LogP contribution < -0.4 is 50.8 Å². The van der Waals surface area contributed by atoms with Crippen molar-refractivity contribution in [2.75, 3.05) is 54.9 Å². The molecule has 408 valence electrons. The molecule has 0 saturated carbocycles. The number of anilines is 4. The summed E-state index contributed by atoms with van der Waals surface area (Å²) in [5.41, 5.74) is 3.76. The van der Waals surface area contributed by atoms with E-state index in [2.05, 4.69) is 58.4 Å². The van der Waals surface area contributed by atoms with Crippen LogP contribution in [-0.4, -0.2) is 100 Å². The zero-order valence-electron chi connectivity index (χ0n) is 44.7. The van der Waals surface area contributed by atoms with Crippen LogP contribution in [0.4, 0.5) is 22.7 Å². The monoisotopic (exact) mass is 1200 g/mol. The van der Waals surface area contributed by atoms with E-state index in [4.69, 9.17) is 9.47 Å². The summed E-state index contributed by atoms with van der Waals surface area (Å²) in [6.45, 7) is 3.21. The molecule has 8 aromatic rings. The molecule has 5 amide bonds. The standard InChI is InChI=1S/C62H58Br2N8O8/c1-34(65-3)58(74)68-49-33-72(52-14-10-9-13-51(52)71(61(49)77)32-47-45-24-22-43(64)30-38(45)20-26-54(47)80-6)60(76)40-18-16-36-15-17-39(27-41(36)28-40)57(73)55-56(69-59(75)35(2)66-4)62(78)70(50-12-8-7-11-48(50)67-55)31-46-44-23-21-42(63)29-37(44)19-25-53(46)79-5/h7-30,34-35,49,55-56,65-67H,31-33H2,1-6H3,(H,68,74)(H,69,75)/t34-,35-,49-,55?,56-/m0/s1. The van der Waals surface area contributed by atoms with E-state index in [0.29, 0.717) is 45.0 Å². The number of nitrogens with one attached hydrogen (secondary N) is 5. The lowest BCUT2D eigenvalue weighted by molar-refractivity contribution is -0.128. The fraction of sp³-hybridized carbons (Fsp3) is 0.226. The number of halogens is 2. The molecule has 0 aliphatic carbocycles. The van der Waals surface area contributed by atoms with Crippen LogP contribution in [0.25, 0.3) is 32.3 Å². The van der Waals surface area contributed by atoms with E-state index < -0.39 is 65.5 Å². The Morgan fingerprint density at radius 3 is 1.69 bits per heavy atom. The van der Waals surface area contributed by atoms with Crippen molar-refractivity contribution in [3.05, 3.63) is 177 Å². The predicted octanol–water partition coefficient (Wildman–Crippen LogP) is 9.28. The highest BCUT2D eigenvalue weighted by molar-refractivity contribution is 9.10. The third-order valence-electron chi connectivity index (χ3n) is 15.1. The third-order valence-corrected chi connectivity index (χ3v) is 16.1. The van der Waals surface area contributed by atoms with Gasteiger partial charge >= 0.3 is 0 Å². The lowest BCUT2D eigenvalue weighted by Gasteiger charge is -2.29. The number of methoxy groups -OCH3 is 2. The summed E-state index contributed by atoms with van der Waals surface area (Å²) in [5.74, 6) is -1.74. The Labute approximate surface area is 479 Å². The first-order chi connectivity index (χ1) is 38.6. The number of rotatable bonds is 15. The van der Waals surface area contributed by atoms with E-state index in [1.165, 1.54) is 4.90 Å². The molecular formula is C62H58Br2N8O8. The molecule has 80 heavy (non-hydrogen) atoms. The predicted molar refractivity (Wildman–Crippen MR) is 320 cm³/mol. The minimum atomic E-state index is -1.41. The zero-order chi connectivity index (χ0) is 56.5. The van der Waals surface area contributed by atoms with E-state index >= 15 is 19.2 Å². The average Bonchev–Trinajstić information content (AvgIpc) is 3.67. The van der Waals surface area contributed by atoms with Crippen LogP contribution in [0, 0.1) is 0 Å². The fourth-order valence-electron chi connectivity index (χ4n) is 10.5. The van der Waals surface area contributed by atoms with E-state index in [1.54, 1.807) is 137 Å². The Morgan fingerprint density at radius 1 is 0.588 bits per heavy atom. The van der Waals surface area contributed by atoms with Gasteiger partial charge < -0.3 is 50.8 Å². The molecule has 18 heteroatoms. The molecule has 0 aromatic heterocycles. The molecule has 2 aliphatic heterocycles. The summed E-state index contributed by atoms with van der Waals surface area (Å²) in [5, 5.41) is 19.9. The van der Waals surface area contributed by atoms with Gasteiger partial charge in [-0.3, -0.25) is 28.8 Å². The van der Waals surface area contributed by atoms with Crippen LogP contribution in [0.15, 0.2) is 155 Å². The number of likely N-dealkylation sites (N-methyl/N-ethyl adjacent to an activating group) is 2. The second-order valence-electron chi connectivity index (χ2n) is 19.8. The molecule has 0 radical (unpaired) electrons. The molecular weight excluding hydrogens is 1140 g/mol. The molecule has 0 saturated heterocycles. The van der Waals surface area contributed by atoms with E-state index in [9.17, 15) is 9.59 Å². The van der Waals surface area contributed by atoms with Gasteiger partial charge in [-0.15, -0.1) is 0 Å². The maximum absolute atomic E-state index is 15.4. The molecule has 1 unspecified atom stereocenters. The van der Waals surface area contributed by atoms with Gasteiger partial charge in [0.1, 0.15) is 29.6 Å². The van der Waals surface area contributed by atoms with Gasteiger partial charge in [-0.2, -0.15) is 0 Å². The lowest BCUT2D eigenvalue weighted by atomic mass is 9.94. The van der Waals surface area contributed by atoms with Gasteiger partial charge in [0.15, 0.2) is 5.78 Å². The van der Waals surface area contributed by atoms with Crippen LogP contribution in [0.2, 0.25) is 0 Å². The van der Waals surface area contributed by atoms with E-state index in [1.807, 2.05) is 60.7 Å². The molecule has 2 heterocycles. The fourth-order valence-corrected chi connectivity index (χ4v) is 11.3. The Balaban J connectivity index is 1.02. The first-order valence-electron chi connectivity index (χ1n) is 26.0. The number of amides is 5. The normalized spacial score (nSPS) is 16.9. The van der Waals surface area contributed by atoms with Gasteiger partial charge in [0.25, 0.3) is 17.7 Å². The van der Waals surface area contributed by atoms with Gasteiger partial charge in [0, 0.05) is 31.2 Å². The van der Waals surface area contributed by atoms with Gasteiger partial charge in [-0.1, -0.05) is 98.6 Å². The Bertz CT molecular complexity index is 3800. The largest absolute Gasteiger partial charge is 0.496 e. The second-order valence-corrected chi connectivity index (χ2v) is 21.7. The number of carbonyl (C=O) groups excluding carboxylic acids is 6. The number of Topliss-reactive ketones (excluding diaryl/α,β-unsaturated/α-hetero) is 1. The summed E-state index contributed by atoms with van der Waals surface area (Å²) in [6.07, 6.45) is 0. The number of ketones is 1. The highest BCUT2D eigenvalue weighted by Gasteiger charge is 2.43. The minimum Gasteiger partial charge on any atom is -0.496 e. The molecule has 8 aromatic carbocycles. The number of hydrogen-bond donors (Lipinski definition) is 5. The number of benzene rings is 8. The molecule has 0 spiro atoms. The van der Waals surface area contributed by atoms with Crippen molar-refractivity contribution in [3.8, 4) is 11.5 Å². The molecule has 10 rings (SSSR count). The maximum atomic E-state index is 15.4. The zero-order valence-corrected chi connectivity index (χ0v) is 47.9.